The number of rotatable bonds is 6. The second kappa shape index (κ2) is 7.60. The van der Waals surface area contributed by atoms with Crippen LogP contribution in [-0.2, 0) is 11.2 Å². The molecule has 2 aromatic rings. The predicted octanol–water partition coefficient (Wildman–Crippen LogP) is 1.57. The van der Waals surface area contributed by atoms with Gasteiger partial charge >= 0.3 is 0 Å². The Hall–Kier alpha value is -2.60. The number of benzene rings is 1. The van der Waals surface area contributed by atoms with Crippen molar-refractivity contribution < 1.29 is 14.3 Å². The fourth-order valence-electron chi connectivity index (χ4n) is 2.02. The number of hydrogen-bond acceptors (Lipinski definition) is 4. The van der Waals surface area contributed by atoms with Gasteiger partial charge in [0.2, 0.25) is 5.91 Å². The zero-order valence-corrected chi connectivity index (χ0v) is 13.2. The normalized spacial score (nSPS) is 11.6. The number of nitrogens with one attached hydrogen (secondary N) is 1. The molecule has 0 saturated carbocycles. The molecular formula is C16H16ClN3O3. The van der Waals surface area contributed by atoms with Crippen LogP contribution in [0.15, 0.2) is 42.6 Å². The second-order valence-corrected chi connectivity index (χ2v) is 5.22. The van der Waals surface area contributed by atoms with Crippen LogP contribution >= 0.6 is 11.6 Å². The molecule has 6 nitrogen and oxygen atoms in total. The summed E-state index contributed by atoms with van der Waals surface area (Å²) in [6.45, 7) is 0. The summed E-state index contributed by atoms with van der Waals surface area (Å²) in [7, 11) is 1.51. The minimum atomic E-state index is -0.867. The highest BCUT2D eigenvalue weighted by atomic mass is 35.5. The van der Waals surface area contributed by atoms with E-state index >= 15 is 0 Å². The predicted molar refractivity (Wildman–Crippen MR) is 86.4 cm³/mol. The largest absolute Gasteiger partial charge is 0.495 e. The van der Waals surface area contributed by atoms with E-state index in [4.69, 9.17) is 22.1 Å². The maximum Gasteiger partial charge on any atom is 0.270 e. The first-order chi connectivity index (χ1) is 11.0. The third kappa shape index (κ3) is 4.43. The molecule has 2 amide bonds. The van der Waals surface area contributed by atoms with Crippen LogP contribution in [0, 0.1) is 0 Å². The summed E-state index contributed by atoms with van der Waals surface area (Å²) in [5.41, 5.74) is 6.34. The summed E-state index contributed by atoms with van der Waals surface area (Å²) in [6, 6.07) is 9.19. The smallest absolute Gasteiger partial charge is 0.270 e. The minimum Gasteiger partial charge on any atom is -0.495 e. The van der Waals surface area contributed by atoms with E-state index in [9.17, 15) is 9.59 Å². The molecule has 0 aliphatic rings. The summed E-state index contributed by atoms with van der Waals surface area (Å²) < 4.78 is 5.07. The van der Waals surface area contributed by atoms with Crippen molar-refractivity contribution in [1.29, 1.82) is 0 Å². The van der Waals surface area contributed by atoms with Crippen LogP contribution in [0.25, 0.3) is 0 Å². The van der Waals surface area contributed by atoms with Gasteiger partial charge in [0.05, 0.1) is 12.1 Å². The van der Waals surface area contributed by atoms with Gasteiger partial charge in [0.25, 0.3) is 5.91 Å². The van der Waals surface area contributed by atoms with Gasteiger partial charge in [-0.3, -0.25) is 14.6 Å². The highest BCUT2D eigenvalue weighted by Gasteiger charge is 2.20. The first-order valence-electron chi connectivity index (χ1n) is 6.85. The number of pyridine rings is 1. The third-order valence-electron chi connectivity index (χ3n) is 3.20. The van der Waals surface area contributed by atoms with E-state index in [1.807, 2.05) is 0 Å². The van der Waals surface area contributed by atoms with Crippen molar-refractivity contribution >= 4 is 23.4 Å². The average Bonchev–Trinajstić information content (AvgIpc) is 2.55. The van der Waals surface area contributed by atoms with Crippen molar-refractivity contribution in [3.05, 3.63) is 58.9 Å². The van der Waals surface area contributed by atoms with Gasteiger partial charge < -0.3 is 15.8 Å². The number of primary amides is 1. The Kier molecular flexibility index (Phi) is 5.54. The number of nitrogens with two attached hydrogens (primary N) is 1. The van der Waals surface area contributed by atoms with Crippen molar-refractivity contribution in [2.45, 2.75) is 12.5 Å². The summed E-state index contributed by atoms with van der Waals surface area (Å²) in [6.07, 6.45) is 1.72. The van der Waals surface area contributed by atoms with Gasteiger partial charge in [-0.25, -0.2) is 0 Å². The quantitative estimate of drug-likeness (QED) is 0.839. The second-order valence-electron chi connectivity index (χ2n) is 4.82. The SMILES string of the molecule is COc1ccc(C[C@@H](NC(=O)c2ccccn2)C(N)=O)cc1Cl. The standard InChI is InChI=1S/C16H16ClN3O3/c1-23-14-6-5-10(8-11(14)17)9-13(15(18)21)20-16(22)12-4-2-3-7-19-12/h2-8,13H,9H2,1H3,(H2,18,21)(H,20,22)/t13-/m1/s1. The van der Waals surface area contributed by atoms with E-state index in [0.29, 0.717) is 10.8 Å². The van der Waals surface area contributed by atoms with Crippen molar-refractivity contribution in [3.63, 3.8) is 0 Å². The molecule has 120 valence electrons. The zero-order valence-electron chi connectivity index (χ0n) is 12.5. The van der Waals surface area contributed by atoms with E-state index in [1.165, 1.54) is 13.3 Å². The molecule has 23 heavy (non-hydrogen) atoms. The lowest BCUT2D eigenvalue weighted by molar-refractivity contribution is -0.119. The molecule has 7 heteroatoms. The number of halogens is 1. The summed E-state index contributed by atoms with van der Waals surface area (Å²) in [5.74, 6) is -0.571. The van der Waals surface area contributed by atoms with Crippen molar-refractivity contribution in [2.24, 2.45) is 5.73 Å². The monoisotopic (exact) mass is 333 g/mol. The highest BCUT2D eigenvalue weighted by Crippen LogP contribution is 2.25. The van der Waals surface area contributed by atoms with Crippen LogP contribution in [0.4, 0.5) is 0 Å². The lowest BCUT2D eigenvalue weighted by Crippen LogP contribution is -2.46. The Labute approximate surface area is 138 Å². The molecule has 0 spiro atoms. The molecule has 0 aliphatic heterocycles. The van der Waals surface area contributed by atoms with Gasteiger partial charge in [-0.1, -0.05) is 23.7 Å². The fraction of sp³-hybridized carbons (Fsp3) is 0.188. The number of amides is 2. The molecule has 1 atom stereocenters. The maximum absolute atomic E-state index is 12.1. The minimum absolute atomic E-state index is 0.214. The fourth-order valence-corrected chi connectivity index (χ4v) is 2.30. The van der Waals surface area contributed by atoms with Gasteiger partial charge in [-0.05, 0) is 29.8 Å². The van der Waals surface area contributed by atoms with Crippen LogP contribution in [0.5, 0.6) is 5.75 Å². The molecule has 0 bridgehead atoms. The molecule has 0 radical (unpaired) electrons. The van der Waals surface area contributed by atoms with Gasteiger partial charge in [-0.15, -0.1) is 0 Å². The first-order valence-corrected chi connectivity index (χ1v) is 7.22. The average molecular weight is 334 g/mol. The Bertz CT molecular complexity index is 707. The van der Waals surface area contributed by atoms with Crippen LogP contribution in [0.2, 0.25) is 5.02 Å². The van der Waals surface area contributed by atoms with Gasteiger partial charge in [0.1, 0.15) is 17.5 Å². The van der Waals surface area contributed by atoms with Gasteiger partial charge in [-0.2, -0.15) is 0 Å². The third-order valence-corrected chi connectivity index (χ3v) is 3.50. The van der Waals surface area contributed by atoms with Gasteiger partial charge in [0, 0.05) is 12.6 Å². The maximum atomic E-state index is 12.1. The van der Waals surface area contributed by atoms with E-state index in [2.05, 4.69) is 10.3 Å². The van der Waals surface area contributed by atoms with E-state index < -0.39 is 17.9 Å². The Morgan fingerprint density at radius 2 is 2.13 bits per heavy atom. The number of carbonyl (C=O) groups is 2. The summed E-state index contributed by atoms with van der Waals surface area (Å²) in [5, 5.41) is 3.00. The van der Waals surface area contributed by atoms with E-state index in [1.54, 1.807) is 36.4 Å². The van der Waals surface area contributed by atoms with Crippen molar-refractivity contribution in [2.75, 3.05) is 7.11 Å². The van der Waals surface area contributed by atoms with Crippen LogP contribution in [0.1, 0.15) is 16.1 Å². The van der Waals surface area contributed by atoms with Crippen LogP contribution in [0.3, 0.4) is 0 Å². The van der Waals surface area contributed by atoms with E-state index in [0.717, 1.165) is 5.56 Å². The Morgan fingerprint density at radius 1 is 1.35 bits per heavy atom. The molecule has 3 N–H and O–H groups in total. The Balaban J connectivity index is 2.12. The number of methoxy groups -OCH3 is 1. The van der Waals surface area contributed by atoms with Gasteiger partial charge in [0.15, 0.2) is 0 Å². The van der Waals surface area contributed by atoms with Crippen LogP contribution < -0.4 is 15.8 Å². The van der Waals surface area contributed by atoms with Crippen molar-refractivity contribution in [3.8, 4) is 5.75 Å². The van der Waals surface area contributed by atoms with Crippen LogP contribution in [-0.4, -0.2) is 29.9 Å². The molecular weight excluding hydrogens is 318 g/mol. The number of aromatic nitrogens is 1. The zero-order chi connectivity index (χ0) is 16.8. The molecule has 0 unspecified atom stereocenters. The highest BCUT2D eigenvalue weighted by molar-refractivity contribution is 6.32. The number of ether oxygens (including phenoxy) is 1. The number of hydrogen-bond donors (Lipinski definition) is 2. The molecule has 1 aromatic heterocycles. The lowest BCUT2D eigenvalue weighted by Gasteiger charge is -2.16. The van der Waals surface area contributed by atoms with Crippen molar-refractivity contribution in [1.82, 2.24) is 10.3 Å². The topological polar surface area (TPSA) is 94.3 Å². The molecule has 0 fully saturated rings. The number of nitrogens with zero attached hydrogens (tertiary/aromatic N) is 1. The molecule has 0 aliphatic carbocycles. The molecule has 0 saturated heterocycles. The number of carbonyl (C=O) groups excluding carboxylic acids is 2. The summed E-state index contributed by atoms with van der Waals surface area (Å²) >= 11 is 6.06. The molecule has 2 rings (SSSR count). The molecule has 1 heterocycles. The Morgan fingerprint density at radius 3 is 2.70 bits per heavy atom. The van der Waals surface area contributed by atoms with E-state index in [-0.39, 0.29) is 12.1 Å². The first kappa shape index (κ1) is 16.8. The molecule has 1 aromatic carbocycles. The summed E-state index contributed by atoms with van der Waals surface area (Å²) in [4.78, 5) is 27.6. The lowest BCUT2D eigenvalue weighted by atomic mass is 10.0.